The second kappa shape index (κ2) is 5.80. The van der Waals surface area contributed by atoms with E-state index < -0.39 is 0 Å². The number of hydrogen-bond acceptors (Lipinski definition) is 2. The van der Waals surface area contributed by atoms with Crippen molar-refractivity contribution >= 4 is 28.5 Å². The highest BCUT2D eigenvalue weighted by Crippen LogP contribution is 2.03. The summed E-state index contributed by atoms with van der Waals surface area (Å²) in [6, 6.07) is 0. The Morgan fingerprint density at radius 3 is 2.38 bits per heavy atom. The molecule has 0 unspecified atom stereocenters. The highest BCUT2D eigenvalue weighted by molar-refractivity contribution is 14.1. The van der Waals surface area contributed by atoms with Crippen LogP contribution in [0.1, 0.15) is 13.3 Å². The zero-order valence-electron chi connectivity index (χ0n) is 8.13. The fraction of sp³-hybridized carbons (Fsp3) is 0.889. The second-order valence-electron chi connectivity index (χ2n) is 3.36. The first-order chi connectivity index (χ1) is 6.27. The molecule has 0 aliphatic carbocycles. The maximum atomic E-state index is 11.3. The Hall–Kier alpha value is 0.160. The highest BCUT2D eigenvalue weighted by Gasteiger charge is 2.18. The molecule has 1 rings (SSSR count). The van der Waals surface area contributed by atoms with E-state index in [2.05, 4.69) is 34.4 Å². The topological polar surface area (TPSA) is 23.6 Å². The molecular weight excluding hydrogens is 279 g/mol. The first-order valence-corrected chi connectivity index (χ1v) is 6.36. The largest absolute Gasteiger partial charge is 0.339 e. The van der Waals surface area contributed by atoms with Crippen molar-refractivity contribution in [2.45, 2.75) is 13.3 Å². The summed E-state index contributed by atoms with van der Waals surface area (Å²) >= 11 is 2.13. The van der Waals surface area contributed by atoms with E-state index in [9.17, 15) is 4.79 Å². The van der Waals surface area contributed by atoms with Crippen LogP contribution in [0.25, 0.3) is 0 Å². The quantitative estimate of drug-likeness (QED) is 0.572. The molecule has 0 spiro atoms. The van der Waals surface area contributed by atoms with E-state index in [0.717, 1.165) is 26.2 Å². The minimum absolute atomic E-state index is 0.289. The van der Waals surface area contributed by atoms with Gasteiger partial charge in [-0.05, 0) is 13.0 Å². The van der Waals surface area contributed by atoms with Crippen molar-refractivity contribution in [3.8, 4) is 0 Å². The Kier molecular flexibility index (Phi) is 5.01. The lowest BCUT2D eigenvalue weighted by Gasteiger charge is -2.34. The van der Waals surface area contributed by atoms with E-state index in [-0.39, 0.29) is 5.91 Å². The van der Waals surface area contributed by atoms with Gasteiger partial charge >= 0.3 is 0 Å². The standard InChI is InChI=1S/C9H17IN2O/c1-2-3-11-4-6-12(7-5-11)9(13)8-10/h2-8H2,1H3. The van der Waals surface area contributed by atoms with Gasteiger partial charge < -0.3 is 4.90 Å². The van der Waals surface area contributed by atoms with Crippen LogP contribution in [0.15, 0.2) is 0 Å². The number of carbonyl (C=O) groups excluding carboxylic acids is 1. The predicted octanol–water partition coefficient (Wildman–Crippen LogP) is 0.976. The predicted molar refractivity (Wildman–Crippen MR) is 62.2 cm³/mol. The lowest BCUT2D eigenvalue weighted by molar-refractivity contribution is -0.129. The summed E-state index contributed by atoms with van der Waals surface area (Å²) in [6.07, 6.45) is 1.21. The minimum Gasteiger partial charge on any atom is -0.339 e. The number of piperazine rings is 1. The van der Waals surface area contributed by atoms with Crippen molar-refractivity contribution < 1.29 is 4.79 Å². The van der Waals surface area contributed by atoms with Gasteiger partial charge in [0.2, 0.25) is 5.91 Å². The third-order valence-corrected chi connectivity index (χ3v) is 3.03. The summed E-state index contributed by atoms with van der Waals surface area (Å²) < 4.78 is 0.617. The van der Waals surface area contributed by atoms with Crippen molar-refractivity contribution in [1.82, 2.24) is 9.80 Å². The van der Waals surface area contributed by atoms with Gasteiger partial charge in [0.15, 0.2) is 0 Å². The zero-order valence-corrected chi connectivity index (χ0v) is 10.3. The van der Waals surface area contributed by atoms with Crippen LogP contribution < -0.4 is 0 Å². The fourth-order valence-electron chi connectivity index (χ4n) is 1.62. The van der Waals surface area contributed by atoms with E-state index in [0.29, 0.717) is 4.43 Å². The maximum Gasteiger partial charge on any atom is 0.232 e. The van der Waals surface area contributed by atoms with Crippen LogP contribution in [0.3, 0.4) is 0 Å². The molecule has 1 aliphatic rings. The van der Waals surface area contributed by atoms with E-state index in [4.69, 9.17) is 0 Å². The lowest BCUT2D eigenvalue weighted by Crippen LogP contribution is -2.49. The van der Waals surface area contributed by atoms with Crippen molar-refractivity contribution in [3.05, 3.63) is 0 Å². The monoisotopic (exact) mass is 296 g/mol. The van der Waals surface area contributed by atoms with E-state index in [1.807, 2.05) is 4.90 Å². The highest BCUT2D eigenvalue weighted by atomic mass is 127. The first-order valence-electron chi connectivity index (χ1n) is 4.84. The molecule has 1 aliphatic heterocycles. The average molecular weight is 296 g/mol. The summed E-state index contributed by atoms with van der Waals surface area (Å²) in [5.41, 5.74) is 0. The number of carbonyl (C=O) groups is 1. The number of hydrogen-bond donors (Lipinski definition) is 0. The van der Waals surface area contributed by atoms with E-state index in [1.54, 1.807) is 0 Å². The Labute approximate surface area is 93.6 Å². The third-order valence-electron chi connectivity index (χ3n) is 2.38. The van der Waals surface area contributed by atoms with Crippen molar-refractivity contribution in [1.29, 1.82) is 0 Å². The third kappa shape index (κ3) is 3.42. The van der Waals surface area contributed by atoms with Crippen LogP contribution in [0, 0.1) is 0 Å². The summed E-state index contributed by atoms with van der Waals surface area (Å²) in [4.78, 5) is 15.7. The van der Waals surface area contributed by atoms with Gasteiger partial charge in [0.05, 0.1) is 4.43 Å². The van der Waals surface area contributed by atoms with E-state index in [1.165, 1.54) is 13.0 Å². The summed E-state index contributed by atoms with van der Waals surface area (Å²) in [5.74, 6) is 0.289. The summed E-state index contributed by atoms with van der Waals surface area (Å²) in [5, 5.41) is 0. The normalized spacial score (nSPS) is 19.1. The average Bonchev–Trinajstić information content (AvgIpc) is 2.18. The van der Waals surface area contributed by atoms with E-state index >= 15 is 0 Å². The van der Waals surface area contributed by atoms with Gasteiger partial charge in [-0.15, -0.1) is 0 Å². The second-order valence-corrected chi connectivity index (χ2v) is 4.12. The maximum absolute atomic E-state index is 11.3. The molecule has 0 aromatic carbocycles. The number of alkyl halides is 1. The molecule has 0 bridgehead atoms. The summed E-state index contributed by atoms with van der Waals surface area (Å²) in [6.45, 7) is 7.31. The molecule has 1 heterocycles. The van der Waals surface area contributed by atoms with Crippen LogP contribution in [0.4, 0.5) is 0 Å². The summed E-state index contributed by atoms with van der Waals surface area (Å²) in [7, 11) is 0. The molecule has 0 saturated carbocycles. The first kappa shape index (κ1) is 11.2. The van der Waals surface area contributed by atoms with Gasteiger partial charge in [-0.3, -0.25) is 9.69 Å². The number of rotatable bonds is 3. The Morgan fingerprint density at radius 1 is 1.31 bits per heavy atom. The van der Waals surface area contributed by atoms with Gasteiger partial charge in [-0.1, -0.05) is 29.5 Å². The Bertz CT molecular complexity index is 167. The number of amides is 1. The number of nitrogens with zero attached hydrogens (tertiary/aromatic N) is 2. The van der Waals surface area contributed by atoms with Gasteiger partial charge in [-0.2, -0.15) is 0 Å². The smallest absolute Gasteiger partial charge is 0.232 e. The van der Waals surface area contributed by atoms with Crippen LogP contribution in [-0.4, -0.2) is 52.9 Å². The zero-order chi connectivity index (χ0) is 9.68. The Balaban J connectivity index is 2.26. The molecule has 76 valence electrons. The fourth-order valence-corrected chi connectivity index (χ4v) is 2.10. The molecule has 1 saturated heterocycles. The van der Waals surface area contributed by atoms with Crippen molar-refractivity contribution in [2.24, 2.45) is 0 Å². The molecule has 13 heavy (non-hydrogen) atoms. The molecular formula is C9H17IN2O. The van der Waals surface area contributed by atoms with Gasteiger partial charge in [0.1, 0.15) is 0 Å². The molecule has 1 amide bonds. The molecule has 0 N–H and O–H groups in total. The van der Waals surface area contributed by atoms with Crippen molar-refractivity contribution in [3.63, 3.8) is 0 Å². The van der Waals surface area contributed by atoms with Gasteiger partial charge in [-0.25, -0.2) is 0 Å². The molecule has 0 atom stereocenters. The van der Waals surface area contributed by atoms with Crippen LogP contribution >= 0.6 is 22.6 Å². The van der Waals surface area contributed by atoms with Gasteiger partial charge in [0.25, 0.3) is 0 Å². The molecule has 0 aromatic rings. The Morgan fingerprint density at radius 2 is 1.92 bits per heavy atom. The molecule has 0 aromatic heterocycles. The van der Waals surface area contributed by atoms with Crippen LogP contribution in [0.5, 0.6) is 0 Å². The SMILES string of the molecule is CCCN1CCN(C(=O)CI)CC1. The van der Waals surface area contributed by atoms with Crippen molar-refractivity contribution in [2.75, 3.05) is 37.2 Å². The molecule has 4 heteroatoms. The van der Waals surface area contributed by atoms with Gasteiger partial charge in [0, 0.05) is 26.2 Å². The minimum atomic E-state index is 0.289. The molecule has 0 radical (unpaired) electrons. The number of halogens is 1. The lowest BCUT2D eigenvalue weighted by atomic mass is 10.3. The molecule has 3 nitrogen and oxygen atoms in total. The van der Waals surface area contributed by atoms with Crippen LogP contribution in [-0.2, 0) is 4.79 Å². The van der Waals surface area contributed by atoms with Crippen LogP contribution in [0.2, 0.25) is 0 Å². The molecule has 1 fully saturated rings.